The molecule has 0 amide bonds. The maximum absolute atomic E-state index is 14.8. The molecule has 1 rings (SSSR count). The van der Waals surface area contributed by atoms with Gasteiger partial charge in [-0.3, -0.25) is 0 Å². The van der Waals surface area contributed by atoms with Crippen LogP contribution in [0, 0.1) is 0 Å². The van der Waals surface area contributed by atoms with Gasteiger partial charge < -0.3 is 9.47 Å². The zero-order valence-electron chi connectivity index (χ0n) is 13.4. The number of esters is 2. The molecule has 2 atom stereocenters. The molecule has 1 fully saturated rings. The van der Waals surface area contributed by atoms with E-state index in [9.17, 15) is 53.5 Å². The molecule has 0 spiro atoms. The van der Waals surface area contributed by atoms with Gasteiger partial charge in [-0.25, -0.2) is 18.4 Å². The third-order valence-corrected chi connectivity index (χ3v) is 3.97. The molecule has 14 heteroatoms. The maximum Gasteiger partial charge on any atom is 0.381 e. The van der Waals surface area contributed by atoms with Crippen molar-refractivity contribution in [2.45, 2.75) is 35.0 Å². The zero-order valence-corrected chi connectivity index (χ0v) is 13.4. The van der Waals surface area contributed by atoms with Crippen LogP contribution in [0.3, 0.4) is 0 Å². The Morgan fingerprint density at radius 2 is 0.857 bits per heavy atom. The van der Waals surface area contributed by atoms with Crippen LogP contribution in [0.15, 0.2) is 25.3 Å². The van der Waals surface area contributed by atoms with E-state index in [2.05, 4.69) is 22.6 Å². The Bertz CT molecular complexity index is 634. The summed E-state index contributed by atoms with van der Waals surface area (Å²) in [4.78, 5) is 21.8. The Morgan fingerprint density at radius 1 is 0.607 bits per heavy atom. The standard InChI is InChI=1S/C14H10F10O4/c1-3-7(25)27-5-9(15)10(16,6-28-8(26)4-2)12(19,20)14(23,24)13(21,22)11(9,17)18/h3-4H,1-2,5-6H2. The van der Waals surface area contributed by atoms with E-state index in [1.165, 1.54) is 0 Å². The molecule has 0 radical (unpaired) electrons. The Morgan fingerprint density at radius 3 is 1.07 bits per heavy atom. The van der Waals surface area contributed by atoms with Crippen LogP contribution in [0.5, 0.6) is 0 Å². The lowest BCUT2D eigenvalue weighted by Crippen LogP contribution is -2.86. The Kier molecular flexibility index (Phi) is 5.65. The number of alkyl halides is 10. The van der Waals surface area contributed by atoms with Crippen LogP contribution >= 0.6 is 0 Å². The van der Waals surface area contributed by atoms with Gasteiger partial charge in [0.15, 0.2) is 0 Å². The van der Waals surface area contributed by atoms with Crippen LogP contribution in [0.1, 0.15) is 0 Å². The summed E-state index contributed by atoms with van der Waals surface area (Å²) in [7, 11) is 0. The second kappa shape index (κ2) is 6.65. The summed E-state index contributed by atoms with van der Waals surface area (Å²) in [6, 6.07) is 0. The molecule has 2 unspecified atom stereocenters. The van der Waals surface area contributed by atoms with Gasteiger partial charge in [-0.1, -0.05) is 13.2 Å². The van der Waals surface area contributed by atoms with Gasteiger partial charge in [-0.2, -0.15) is 35.1 Å². The third kappa shape index (κ3) is 2.67. The second-order valence-corrected chi connectivity index (χ2v) is 5.52. The first kappa shape index (κ1) is 23.8. The van der Waals surface area contributed by atoms with Crippen LogP contribution < -0.4 is 0 Å². The van der Waals surface area contributed by atoms with E-state index in [4.69, 9.17) is 0 Å². The molecule has 0 heterocycles. The van der Waals surface area contributed by atoms with E-state index >= 15 is 0 Å². The molecule has 0 aromatic heterocycles. The summed E-state index contributed by atoms with van der Waals surface area (Å²) in [6.45, 7) is -0.342. The van der Waals surface area contributed by atoms with E-state index in [1.54, 1.807) is 0 Å². The highest BCUT2D eigenvalue weighted by atomic mass is 19.4. The molecule has 0 aromatic rings. The fourth-order valence-corrected chi connectivity index (χ4v) is 2.26. The zero-order chi connectivity index (χ0) is 22.4. The molecule has 160 valence electrons. The lowest BCUT2D eigenvalue weighted by atomic mass is 9.66. The monoisotopic (exact) mass is 432 g/mol. The molecule has 1 aliphatic rings. The highest BCUT2D eigenvalue weighted by molar-refractivity contribution is 5.81. The minimum Gasteiger partial charge on any atom is -0.459 e. The predicted molar refractivity (Wildman–Crippen MR) is 69.8 cm³/mol. The molecular formula is C14H10F10O4. The number of hydrogen-bond acceptors (Lipinski definition) is 4. The van der Waals surface area contributed by atoms with Gasteiger partial charge in [0.2, 0.25) is 0 Å². The van der Waals surface area contributed by atoms with Gasteiger partial charge in [0.05, 0.1) is 0 Å². The van der Waals surface area contributed by atoms with Crippen LogP contribution in [0.25, 0.3) is 0 Å². The van der Waals surface area contributed by atoms with Crippen molar-refractivity contribution in [3.05, 3.63) is 25.3 Å². The van der Waals surface area contributed by atoms with E-state index in [-0.39, 0.29) is 12.2 Å². The number of halogens is 10. The van der Waals surface area contributed by atoms with Crippen molar-refractivity contribution in [3.8, 4) is 0 Å². The molecule has 0 N–H and O–H groups in total. The SMILES string of the molecule is C=CC(=O)OCC1(F)C(F)(F)C(F)(F)C(F)(F)C(F)(F)C1(F)COC(=O)C=C. The van der Waals surface area contributed by atoms with Crippen LogP contribution in [0.2, 0.25) is 0 Å². The number of ether oxygens (including phenoxy) is 2. The van der Waals surface area contributed by atoms with Crippen molar-refractivity contribution in [3.63, 3.8) is 0 Å². The van der Waals surface area contributed by atoms with E-state index in [0.29, 0.717) is 0 Å². The summed E-state index contributed by atoms with van der Waals surface area (Å²) < 4.78 is 147. The van der Waals surface area contributed by atoms with Crippen LogP contribution in [-0.2, 0) is 19.1 Å². The number of hydrogen-bond donors (Lipinski definition) is 0. The Labute approximate surface area is 149 Å². The first-order valence-electron chi connectivity index (χ1n) is 6.88. The van der Waals surface area contributed by atoms with E-state index < -0.39 is 60.2 Å². The predicted octanol–water partition coefficient (Wildman–Crippen LogP) is 3.42. The highest BCUT2D eigenvalue weighted by Gasteiger charge is 3.00. The smallest absolute Gasteiger partial charge is 0.381 e. The average Bonchev–Trinajstić information content (AvgIpc) is 2.61. The van der Waals surface area contributed by atoms with Crippen LogP contribution in [0.4, 0.5) is 43.9 Å². The Hall–Kier alpha value is -2.28. The average molecular weight is 432 g/mol. The van der Waals surface area contributed by atoms with E-state index in [1.807, 2.05) is 0 Å². The quantitative estimate of drug-likeness (QED) is 0.367. The van der Waals surface area contributed by atoms with Crippen molar-refractivity contribution in [2.75, 3.05) is 13.2 Å². The van der Waals surface area contributed by atoms with Gasteiger partial charge in [0, 0.05) is 12.2 Å². The largest absolute Gasteiger partial charge is 0.459 e. The van der Waals surface area contributed by atoms with Gasteiger partial charge in [0.1, 0.15) is 13.2 Å². The lowest BCUT2D eigenvalue weighted by molar-refractivity contribution is -0.468. The molecule has 0 saturated heterocycles. The molecular weight excluding hydrogens is 422 g/mol. The molecule has 0 aromatic carbocycles. The third-order valence-electron chi connectivity index (χ3n) is 3.97. The topological polar surface area (TPSA) is 52.6 Å². The number of rotatable bonds is 6. The second-order valence-electron chi connectivity index (χ2n) is 5.52. The van der Waals surface area contributed by atoms with Gasteiger partial charge in [-0.05, 0) is 0 Å². The minimum absolute atomic E-state index is 0.132. The van der Waals surface area contributed by atoms with Crippen molar-refractivity contribution in [2.24, 2.45) is 0 Å². The van der Waals surface area contributed by atoms with Gasteiger partial charge in [-0.15, -0.1) is 0 Å². The molecule has 1 aliphatic carbocycles. The lowest BCUT2D eigenvalue weighted by Gasteiger charge is -2.54. The number of carbonyl (C=O) groups is 2. The summed E-state index contributed by atoms with van der Waals surface area (Å²) in [6.07, 6.45) is 0.264. The Balaban J connectivity index is 3.74. The summed E-state index contributed by atoms with van der Waals surface area (Å²) >= 11 is 0. The molecule has 4 nitrogen and oxygen atoms in total. The van der Waals surface area contributed by atoms with Gasteiger partial charge >= 0.3 is 35.6 Å². The van der Waals surface area contributed by atoms with Crippen molar-refractivity contribution in [1.82, 2.24) is 0 Å². The normalized spacial score (nSPS) is 32.1. The molecule has 0 bridgehead atoms. The van der Waals surface area contributed by atoms with Crippen LogP contribution in [-0.4, -0.2) is 60.2 Å². The summed E-state index contributed by atoms with van der Waals surface area (Å²) in [5, 5.41) is 0. The molecule has 28 heavy (non-hydrogen) atoms. The molecule has 1 saturated carbocycles. The minimum atomic E-state index is -7.14. The van der Waals surface area contributed by atoms with Crippen molar-refractivity contribution < 1.29 is 63.0 Å². The van der Waals surface area contributed by atoms with Crippen molar-refractivity contribution in [1.29, 1.82) is 0 Å². The highest BCUT2D eigenvalue weighted by Crippen LogP contribution is 2.69. The number of carbonyl (C=O) groups excluding carboxylic acids is 2. The summed E-state index contributed by atoms with van der Waals surface area (Å²) in [5.74, 6) is -31.7. The first-order chi connectivity index (χ1) is 12.4. The fourth-order valence-electron chi connectivity index (χ4n) is 2.26. The maximum atomic E-state index is 14.8. The van der Waals surface area contributed by atoms with Gasteiger partial charge in [0.25, 0.3) is 11.3 Å². The van der Waals surface area contributed by atoms with Crippen molar-refractivity contribution >= 4 is 11.9 Å². The van der Waals surface area contributed by atoms with E-state index in [0.717, 1.165) is 0 Å². The molecule has 0 aliphatic heterocycles. The summed E-state index contributed by atoms with van der Waals surface area (Å²) in [5.41, 5.74) is -11.9. The fraction of sp³-hybridized carbons (Fsp3) is 0.571. The first-order valence-corrected chi connectivity index (χ1v) is 6.88.